The minimum atomic E-state index is 0.0580. The normalized spacial score (nSPS) is 17.3. The van der Waals surface area contributed by atoms with Crippen LogP contribution in [0.2, 0.25) is 0 Å². The van der Waals surface area contributed by atoms with Crippen LogP contribution in [0.3, 0.4) is 0 Å². The first kappa shape index (κ1) is 9.54. The standard InChI is InChI=1S/C12H14N4/c13-8-12(5-6-12)16-11-14-7-9-3-1-2-4-10(9)15-11/h1-4,7H,5-6,8,13H2,(H,14,15,16). The molecule has 0 bridgehead atoms. The number of para-hydroxylation sites is 1. The Balaban J connectivity index is 1.93. The van der Waals surface area contributed by atoms with Crippen molar-refractivity contribution in [3.63, 3.8) is 0 Å². The lowest BCUT2D eigenvalue weighted by molar-refractivity contribution is 0.732. The van der Waals surface area contributed by atoms with Gasteiger partial charge in [0.25, 0.3) is 0 Å². The second-order valence-corrected chi connectivity index (χ2v) is 4.36. The van der Waals surface area contributed by atoms with Gasteiger partial charge in [-0.2, -0.15) is 0 Å². The van der Waals surface area contributed by atoms with Gasteiger partial charge < -0.3 is 11.1 Å². The van der Waals surface area contributed by atoms with Crippen LogP contribution < -0.4 is 11.1 Å². The van der Waals surface area contributed by atoms with Crippen LogP contribution >= 0.6 is 0 Å². The molecule has 1 aliphatic carbocycles. The van der Waals surface area contributed by atoms with E-state index in [0.29, 0.717) is 12.5 Å². The molecule has 0 aliphatic heterocycles. The van der Waals surface area contributed by atoms with E-state index in [1.807, 2.05) is 30.5 Å². The van der Waals surface area contributed by atoms with Crippen molar-refractivity contribution >= 4 is 16.9 Å². The highest BCUT2D eigenvalue weighted by Crippen LogP contribution is 2.36. The van der Waals surface area contributed by atoms with Gasteiger partial charge in [0.2, 0.25) is 5.95 Å². The number of hydrogen-bond donors (Lipinski definition) is 2. The third-order valence-electron chi connectivity index (χ3n) is 3.11. The van der Waals surface area contributed by atoms with Gasteiger partial charge in [-0.05, 0) is 18.9 Å². The molecule has 1 aromatic carbocycles. The van der Waals surface area contributed by atoms with Crippen molar-refractivity contribution in [2.75, 3.05) is 11.9 Å². The first-order chi connectivity index (χ1) is 7.81. The zero-order valence-electron chi connectivity index (χ0n) is 8.98. The monoisotopic (exact) mass is 214 g/mol. The highest BCUT2D eigenvalue weighted by Gasteiger charge is 2.41. The smallest absolute Gasteiger partial charge is 0.223 e. The predicted octanol–water partition coefficient (Wildman–Crippen LogP) is 1.53. The molecule has 0 radical (unpaired) electrons. The number of aromatic nitrogens is 2. The van der Waals surface area contributed by atoms with E-state index in [2.05, 4.69) is 15.3 Å². The topological polar surface area (TPSA) is 63.8 Å². The van der Waals surface area contributed by atoms with Crippen molar-refractivity contribution in [2.24, 2.45) is 5.73 Å². The maximum absolute atomic E-state index is 5.71. The molecule has 1 saturated carbocycles. The largest absolute Gasteiger partial charge is 0.347 e. The van der Waals surface area contributed by atoms with E-state index in [-0.39, 0.29) is 5.54 Å². The van der Waals surface area contributed by atoms with Crippen LogP contribution in [0.1, 0.15) is 12.8 Å². The van der Waals surface area contributed by atoms with Crippen molar-refractivity contribution in [3.8, 4) is 0 Å². The van der Waals surface area contributed by atoms with Gasteiger partial charge >= 0.3 is 0 Å². The Labute approximate surface area is 93.9 Å². The molecule has 4 nitrogen and oxygen atoms in total. The van der Waals surface area contributed by atoms with Crippen molar-refractivity contribution in [3.05, 3.63) is 30.5 Å². The van der Waals surface area contributed by atoms with E-state index in [0.717, 1.165) is 23.7 Å². The van der Waals surface area contributed by atoms with Gasteiger partial charge in [0.15, 0.2) is 0 Å². The number of nitrogens with two attached hydrogens (primary N) is 1. The zero-order valence-corrected chi connectivity index (χ0v) is 8.98. The highest BCUT2D eigenvalue weighted by molar-refractivity contribution is 5.78. The lowest BCUT2D eigenvalue weighted by Crippen LogP contribution is -2.31. The van der Waals surface area contributed by atoms with Crippen molar-refractivity contribution in [1.82, 2.24) is 9.97 Å². The quantitative estimate of drug-likeness (QED) is 0.813. The van der Waals surface area contributed by atoms with Crippen LogP contribution in [0, 0.1) is 0 Å². The molecule has 3 N–H and O–H groups in total. The van der Waals surface area contributed by atoms with Crippen LogP contribution in [0.5, 0.6) is 0 Å². The molecular weight excluding hydrogens is 200 g/mol. The third-order valence-corrected chi connectivity index (χ3v) is 3.11. The minimum absolute atomic E-state index is 0.0580. The Morgan fingerprint density at radius 1 is 1.31 bits per heavy atom. The van der Waals surface area contributed by atoms with Crippen LogP contribution in [0.4, 0.5) is 5.95 Å². The Bertz CT molecular complexity index is 519. The summed E-state index contributed by atoms with van der Waals surface area (Å²) in [6.07, 6.45) is 4.07. The number of nitrogens with one attached hydrogen (secondary N) is 1. The van der Waals surface area contributed by atoms with Crippen LogP contribution in [-0.4, -0.2) is 22.1 Å². The van der Waals surface area contributed by atoms with E-state index in [1.54, 1.807) is 0 Å². The lowest BCUT2D eigenvalue weighted by Gasteiger charge is -2.14. The molecule has 0 atom stereocenters. The van der Waals surface area contributed by atoms with E-state index in [9.17, 15) is 0 Å². The van der Waals surface area contributed by atoms with Crippen molar-refractivity contribution < 1.29 is 0 Å². The Morgan fingerprint density at radius 3 is 2.88 bits per heavy atom. The summed E-state index contributed by atoms with van der Waals surface area (Å²) in [6.45, 7) is 0.642. The second-order valence-electron chi connectivity index (χ2n) is 4.36. The predicted molar refractivity (Wildman–Crippen MR) is 64.2 cm³/mol. The summed E-state index contributed by atoms with van der Waals surface area (Å²) < 4.78 is 0. The summed E-state index contributed by atoms with van der Waals surface area (Å²) in [5, 5.41) is 4.38. The van der Waals surface area contributed by atoms with E-state index in [1.165, 1.54) is 0 Å². The van der Waals surface area contributed by atoms with Gasteiger partial charge in [-0.25, -0.2) is 9.97 Å². The van der Waals surface area contributed by atoms with Gasteiger partial charge in [0.1, 0.15) is 0 Å². The van der Waals surface area contributed by atoms with Gasteiger partial charge in [-0.15, -0.1) is 0 Å². The van der Waals surface area contributed by atoms with Crippen molar-refractivity contribution in [1.29, 1.82) is 0 Å². The average Bonchev–Trinajstić information content (AvgIpc) is 3.09. The first-order valence-electron chi connectivity index (χ1n) is 5.51. The SMILES string of the molecule is NCC1(Nc2ncc3ccccc3n2)CC1. The molecule has 1 heterocycles. The molecule has 3 rings (SSSR count). The van der Waals surface area contributed by atoms with Crippen molar-refractivity contribution in [2.45, 2.75) is 18.4 Å². The van der Waals surface area contributed by atoms with Crippen LogP contribution in [0.25, 0.3) is 10.9 Å². The van der Waals surface area contributed by atoms with Gasteiger partial charge in [0.05, 0.1) is 11.1 Å². The molecule has 82 valence electrons. The Hall–Kier alpha value is -1.68. The summed E-state index contributed by atoms with van der Waals surface area (Å²) in [7, 11) is 0. The molecule has 1 aromatic heterocycles. The summed E-state index contributed by atoms with van der Waals surface area (Å²) in [5.74, 6) is 0.682. The molecule has 0 amide bonds. The average molecular weight is 214 g/mol. The maximum Gasteiger partial charge on any atom is 0.223 e. The fraction of sp³-hybridized carbons (Fsp3) is 0.333. The van der Waals surface area contributed by atoms with E-state index in [4.69, 9.17) is 5.73 Å². The maximum atomic E-state index is 5.71. The summed E-state index contributed by atoms with van der Waals surface area (Å²) in [5.41, 5.74) is 6.73. The molecule has 16 heavy (non-hydrogen) atoms. The third kappa shape index (κ3) is 1.61. The minimum Gasteiger partial charge on any atom is -0.347 e. The number of fused-ring (bicyclic) bond motifs is 1. The zero-order chi connectivity index (χ0) is 11.0. The van der Waals surface area contributed by atoms with E-state index >= 15 is 0 Å². The van der Waals surface area contributed by atoms with Gasteiger partial charge in [-0.3, -0.25) is 0 Å². The molecule has 0 saturated heterocycles. The fourth-order valence-corrected chi connectivity index (χ4v) is 1.80. The number of hydrogen-bond acceptors (Lipinski definition) is 4. The molecule has 1 fully saturated rings. The summed E-state index contributed by atoms with van der Waals surface area (Å²) >= 11 is 0. The summed E-state index contributed by atoms with van der Waals surface area (Å²) in [4.78, 5) is 8.77. The Kier molecular flexibility index (Phi) is 2.04. The molecule has 2 aromatic rings. The highest BCUT2D eigenvalue weighted by atomic mass is 15.2. The Morgan fingerprint density at radius 2 is 2.12 bits per heavy atom. The molecular formula is C12H14N4. The second kappa shape index (κ2) is 3.42. The van der Waals surface area contributed by atoms with Crippen LogP contribution in [-0.2, 0) is 0 Å². The fourth-order valence-electron chi connectivity index (χ4n) is 1.80. The molecule has 0 spiro atoms. The first-order valence-corrected chi connectivity index (χ1v) is 5.51. The number of benzene rings is 1. The van der Waals surface area contributed by atoms with Gasteiger partial charge in [0, 0.05) is 18.1 Å². The summed E-state index contributed by atoms with van der Waals surface area (Å²) in [6, 6.07) is 7.97. The molecule has 4 heteroatoms. The molecule has 1 aliphatic rings. The van der Waals surface area contributed by atoms with Gasteiger partial charge in [-0.1, -0.05) is 18.2 Å². The number of nitrogens with zero attached hydrogens (tertiary/aromatic N) is 2. The molecule has 0 unspecified atom stereocenters. The lowest BCUT2D eigenvalue weighted by atomic mass is 10.2. The number of anilines is 1. The van der Waals surface area contributed by atoms with E-state index < -0.39 is 0 Å². The number of rotatable bonds is 3. The van der Waals surface area contributed by atoms with Crippen LogP contribution in [0.15, 0.2) is 30.5 Å².